The number of rotatable bonds is 4. The van der Waals surface area contributed by atoms with Crippen LogP contribution in [0.25, 0.3) is 11.1 Å². The molecule has 2 aromatic rings. The summed E-state index contributed by atoms with van der Waals surface area (Å²) in [5.41, 5.74) is 2.50. The molecule has 2 heterocycles. The van der Waals surface area contributed by atoms with Crippen molar-refractivity contribution in [1.82, 2.24) is 4.90 Å². The molecule has 1 unspecified atom stereocenters. The molecular formula is C24H27FN2O3. The van der Waals surface area contributed by atoms with Crippen LogP contribution in [0.4, 0.5) is 10.1 Å². The molecule has 0 bridgehead atoms. The Kier molecular flexibility index (Phi) is 6.43. The van der Waals surface area contributed by atoms with E-state index in [1.54, 1.807) is 12.1 Å². The average Bonchev–Trinajstić information content (AvgIpc) is 2.80. The monoisotopic (exact) mass is 410 g/mol. The lowest BCUT2D eigenvalue weighted by Gasteiger charge is -2.35. The van der Waals surface area contributed by atoms with Crippen molar-refractivity contribution in [1.29, 1.82) is 0 Å². The smallest absolute Gasteiger partial charge is 0.229 e. The highest BCUT2D eigenvalue weighted by atomic mass is 19.1. The van der Waals surface area contributed by atoms with Gasteiger partial charge in [0.05, 0.1) is 5.92 Å². The summed E-state index contributed by atoms with van der Waals surface area (Å²) in [6, 6.07) is 13.8. The first-order valence-electron chi connectivity index (χ1n) is 10.6. The number of nitrogens with zero attached hydrogens (tertiary/aromatic N) is 1. The van der Waals surface area contributed by atoms with Crippen molar-refractivity contribution in [2.24, 2.45) is 11.8 Å². The van der Waals surface area contributed by atoms with Crippen LogP contribution in [0.15, 0.2) is 48.5 Å². The largest absolute Gasteiger partial charge is 0.381 e. The summed E-state index contributed by atoms with van der Waals surface area (Å²) >= 11 is 0. The number of hydrogen-bond donors (Lipinski definition) is 1. The van der Waals surface area contributed by atoms with Crippen LogP contribution < -0.4 is 5.32 Å². The van der Waals surface area contributed by atoms with Crippen LogP contribution in [0.1, 0.15) is 25.7 Å². The predicted octanol–water partition coefficient (Wildman–Crippen LogP) is 4.10. The number of benzene rings is 2. The number of carbonyl (C=O) groups is 2. The van der Waals surface area contributed by atoms with Crippen LogP contribution in [0.3, 0.4) is 0 Å². The van der Waals surface area contributed by atoms with Gasteiger partial charge in [0, 0.05) is 37.9 Å². The van der Waals surface area contributed by atoms with Gasteiger partial charge in [0.25, 0.3) is 0 Å². The Balaban J connectivity index is 1.39. The highest BCUT2D eigenvalue weighted by molar-refractivity contribution is 5.94. The average molecular weight is 410 g/mol. The van der Waals surface area contributed by atoms with E-state index in [1.165, 1.54) is 12.1 Å². The van der Waals surface area contributed by atoms with Crippen molar-refractivity contribution in [3.63, 3.8) is 0 Å². The van der Waals surface area contributed by atoms with Gasteiger partial charge in [-0.05, 0) is 61.1 Å². The van der Waals surface area contributed by atoms with Gasteiger partial charge in [-0.2, -0.15) is 0 Å². The molecule has 0 aliphatic carbocycles. The van der Waals surface area contributed by atoms with E-state index >= 15 is 0 Å². The highest BCUT2D eigenvalue weighted by Gasteiger charge is 2.32. The Labute approximate surface area is 176 Å². The molecule has 158 valence electrons. The van der Waals surface area contributed by atoms with Gasteiger partial charge in [0.15, 0.2) is 0 Å². The molecule has 0 saturated carbocycles. The fraction of sp³-hybridized carbons (Fsp3) is 0.417. The quantitative estimate of drug-likeness (QED) is 0.826. The van der Waals surface area contributed by atoms with Gasteiger partial charge in [0.1, 0.15) is 5.82 Å². The zero-order chi connectivity index (χ0) is 20.9. The number of piperidine rings is 1. The minimum Gasteiger partial charge on any atom is -0.381 e. The summed E-state index contributed by atoms with van der Waals surface area (Å²) in [6.45, 7) is 2.47. The van der Waals surface area contributed by atoms with E-state index in [4.69, 9.17) is 4.74 Å². The molecule has 1 atom stereocenters. The summed E-state index contributed by atoms with van der Waals surface area (Å²) in [5.74, 6) is -0.366. The molecule has 2 amide bonds. The molecule has 2 fully saturated rings. The molecule has 0 radical (unpaired) electrons. The standard InChI is InChI=1S/C24H27FN2O3/c25-21-8-6-17(7-9-21)19-3-1-5-22(15-19)26-23(28)20-4-2-12-27(16-20)24(29)18-10-13-30-14-11-18/h1,3,5-9,15,18,20H,2,4,10-14,16H2,(H,26,28). The summed E-state index contributed by atoms with van der Waals surface area (Å²) in [6.07, 6.45) is 3.15. The fourth-order valence-corrected chi connectivity index (χ4v) is 4.26. The number of nitrogens with one attached hydrogen (secondary N) is 1. The van der Waals surface area contributed by atoms with Gasteiger partial charge in [-0.3, -0.25) is 9.59 Å². The molecule has 1 N–H and O–H groups in total. The van der Waals surface area contributed by atoms with E-state index in [9.17, 15) is 14.0 Å². The number of anilines is 1. The van der Waals surface area contributed by atoms with Crippen LogP contribution in [-0.2, 0) is 14.3 Å². The lowest BCUT2D eigenvalue weighted by atomic mass is 9.93. The maximum Gasteiger partial charge on any atom is 0.229 e. The Morgan fingerprint density at radius 2 is 1.73 bits per heavy atom. The Hall–Kier alpha value is -2.73. The maximum absolute atomic E-state index is 13.2. The fourth-order valence-electron chi connectivity index (χ4n) is 4.26. The van der Waals surface area contributed by atoms with E-state index in [-0.39, 0.29) is 29.5 Å². The van der Waals surface area contributed by atoms with Crippen LogP contribution in [-0.4, -0.2) is 43.0 Å². The summed E-state index contributed by atoms with van der Waals surface area (Å²) in [7, 11) is 0. The normalized spacial score (nSPS) is 20.0. The Bertz CT molecular complexity index is 894. The van der Waals surface area contributed by atoms with Crippen molar-refractivity contribution < 1.29 is 18.7 Å². The number of ether oxygens (including phenoxy) is 1. The molecule has 4 rings (SSSR count). The van der Waals surface area contributed by atoms with Crippen molar-refractivity contribution >= 4 is 17.5 Å². The molecule has 5 nitrogen and oxygen atoms in total. The van der Waals surface area contributed by atoms with Crippen molar-refractivity contribution in [3.8, 4) is 11.1 Å². The molecule has 2 saturated heterocycles. The van der Waals surface area contributed by atoms with Crippen molar-refractivity contribution in [2.45, 2.75) is 25.7 Å². The van der Waals surface area contributed by atoms with Gasteiger partial charge in [-0.1, -0.05) is 24.3 Å². The number of likely N-dealkylation sites (tertiary alicyclic amines) is 1. The maximum atomic E-state index is 13.2. The Morgan fingerprint density at radius 3 is 2.50 bits per heavy atom. The first-order chi connectivity index (χ1) is 14.6. The number of hydrogen-bond acceptors (Lipinski definition) is 3. The third-order valence-electron chi connectivity index (χ3n) is 5.98. The van der Waals surface area contributed by atoms with Crippen LogP contribution in [0.2, 0.25) is 0 Å². The van der Waals surface area contributed by atoms with Gasteiger partial charge in [0.2, 0.25) is 11.8 Å². The first-order valence-corrected chi connectivity index (χ1v) is 10.6. The van der Waals surface area contributed by atoms with Gasteiger partial charge >= 0.3 is 0 Å². The van der Waals surface area contributed by atoms with Gasteiger partial charge in [-0.15, -0.1) is 0 Å². The number of halogens is 1. The van der Waals surface area contributed by atoms with E-state index in [0.29, 0.717) is 25.4 Å². The zero-order valence-electron chi connectivity index (χ0n) is 17.0. The van der Waals surface area contributed by atoms with Crippen LogP contribution in [0, 0.1) is 17.7 Å². The third kappa shape index (κ3) is 4.87. The summed E-state index contributed by atoms with van der Waals surface area (Å²) in [4.78, 5) is 27.6. The molecule has 30 heavy (non-hydrogen) atoms. The van der Waals surface area contributed by atoms with Gasteiger partial charge in [-0.25, -0.2) is 4.39 Å². The van der Waals surface area contributed by atoms with Crippen LogP contribution in [0.5, 0.6) is 0 Å². The third-order valence-corrected chi connectivity index (χ3v) is 5.98. The SMILES string of the molecule is O=C(Nc1cccc(-c2ccc(F)cc2)c1)C1CCCN(C(=O)C2CCOCC2)C1. The van der Waals surface area contributed by atoms with Gasteiger partial charge < -0.3 is 15.0 Å². The second-order valence-electron chi connectivity index (χ2n) is 8.09. The lowest BCUT2D eigenvalue weighted by Crippen LogP contribution is -2.46. The zero-order valence-corrected chi connectivity index (χ0v) is 17.0. The minimum absolute atomic E-state index is 0.0213. The summed E-state index contributed by atoms with van der Waals surface area (Å²) in [5, 5.41) is 3.00. The van der Waals surface area contributed by atoms with E-state index in [1.807, 2.05) is 29.2 Å². The topological polar surface area (TPSA) is 58.6 Å². The minimum atomic E-state index is -0.277. The van der Waals surface area contributed by atoms with Crippen LogP contribution >= 0.6 is 0 Å². The van der Waals surface area contributed by atoms with Crippen molar-refractivity contribution in [3.05, 3.63) is 54.3 Å². The number of amides is 2. The molecule has 2 aromatic carbocycles. The van der Waals surface area contributed by atoms with E-state index < -0.39 is 0 Å². The molecular weight excluding hydrogens is 383 g/mol. The molecule has 2 aliphatic rings. The first kappa shape index (κ1) is 20.5. The molecule has 0 spiro atoms. The second-order valence-corrected chi connectivity index (χ2v) is 8.09. The van der Waals surface area contributed by atoms with E-state index in [2.05, 4.69) is 5.32 Å². The lowest BCUT2D eigenvalue weighted by molar-refractivity contribution is -0.141. The predicted molar refractivity (Wildman–Crippen MR) is 113 cm³/mol. The highest BCUT2D eigenvalue weighted by Crippen LogP contribution is 2.26. The molecule has 2 aliphatic heterocycles. The second kappa shape index (κ2) is 9.39. The van der Waals surface area contributed by atoms with Crippen molar-refractivity contribution in [2.75, 3.05) is 31.6 Å². The number of carbonyl (C=O) groups excluding carboxylic acids is 2. The molecule has 6 heteroatoms. The summed E-state index contributed by atoms with van der Waals surface area (Å²) < 4.78 is 18.5. The molecule has 0 aromatic heterocycles. The van der Waals surface area contributed by atoms with E-state index in [0.717, 1.165) is 43.4 Å². The Morgan fingerprint density at radius 1 is 0.967 bits per heavy atom.